The van der Waals surface area contributed by atoms with Crippen LogP contribution in [0, 0.1) is 0 Å². The second kappa shape index (κ2) is 9.61. The molecule has 1 aliphatic heterocycles. The summed E-state index contributed by atoms with van der Waals surface area (Å²) >= 11 is 0. The number of nitrogens with one attached hydrogen (secondary N) is 1. The van der Waals surface area contributed by atoms with Crippen LogP contribution < -0.4 is 10.1 Å². The van der Waals surface area contributed by atoms with E-state index < -0.39 is 0 Å². The highest BCUT2D eigenvalue weighted by Gasteiger charge is 2.25. The lowest BCUT2D eigenvalue weighted by molar-refractivity contribution is -0.126. The molecule has 1 aliphatic rings. The van der Waals surface area contributed by atoms with Gasteiger partial charge in [0.15, 0.2) is 0 Å². The smallest absolute Gasteiger partial charge is 0.237 e. The van der Waals surface area contributed by atoms with Crippen LogP contribution in [0.5, 0.6) is 5.75 Å². The molecule has 134 valence electrons. The molecule has 1 aromatic rings. The van der Waals surface area contributed by atoms with Crippen LogP contribution in [0.15, 0.2) is 24.3 Å². The minimum atomic E-state index is -0.104. The Hall–Kier alpha value is -1.63. The van der Waals surface area contributed by atoms with Gasteiger partial charge in [-0.05, 0) is 24.6 Å². The third kappa shape index (κ3) is 5.47. The van der Waals surface area contributed by atoms with Gasteiger partial charge in [-0.25, -0.2) is 0 Å². The minimum absolute atomic E-state index is 0.0798. The molecule has 1 N–H and O–H groups in total. The first-order valence-corrected chi connectivity index (χ1v) is 8.50. The van der Waals surface area contributed by atoms with Gasteiger partial charge in [0.2, 0.25) is 5.91 Å². The molecule has 1 heterocycles. The quantitative estimate of drug-likeness (QED) is 0.767. The van der Waals surface area contributed by atoms with E-state index in [4.69, 9.17) is 9.47 Å². The summed E-state index contributed by atoms with van der Waals surface area (Å²) in [6.07, 6.45) is 0. The summed E-state index contributed by atoms with van der Waals surface area (Å²) in [5.41, 5.74) is 1.07. The summed E-state index contributed by atoms with van der Waals surface area (Å²) < 4.78 is 10.3. The van der Waals surface area contributed by atoms with Crippen molar-refractivity contribution in [3.05, 3.63) is 29.8 Å². The molecule has 0 spiro atoms. The van der Waals surface area contributed by atoms with Crippen molar-refractivity contribution in [2.75, 3.05) is 53.6 Å². The fourth-order valence-corrected chi connectivity index (χ4v) is 2.84. The van der Waals surface area contributed by atoms with Crippen molar-refractivity contribution in [3.8, 4) is 5.75 Å². The lowest BCUT2D eigenvalue weighted by Crippen LogP contribution is -2.54. The van der Waals surface area contributed by atoms with E-state index in [1.165, 1.54) is 0 Å². The van der Waals surface area contributed by atoms with Gasteiger partial charge >= 0.3 is 0 Å². The SMILES string of the molecule is COCCN1CCN([C@H](C)C(=O)NCc2ccc(OC)cc2)CC1. The highest BCUT2D eigenvalue weighted by Crippen LogP contribution is 2.11. The summed E-state index contributed by atoms with van der Waals surface area (Å²) in [6.45, 7) is 8.05. The summed E-state index contributed by atoms with van der Waals surface area (Å²) in [4.78, 5) is 17.0. The van der Waals surface area contributed by atoms with Crippen molar-refractivity contribution in [3.63, 3.8) is 0 Å². The number of hydrogen-bond acceptors (Lipinski definition) is 5. The molecule has 0 unspecified atom stereocenters. The lowest BCUT2D eigenvalue weighted by atomic mass is 10.2. The van der Waals surface area contributed by atoms with E-state index in [-0.39, 0.29) is 11.9 Å². The number of ether oxygens (including phenoxy) is 2. The zero-order valence-electron chi connectivity index (χ0n) is 15.0. The monoisotopic (exact) mass is 335 g/mol. The number of carbonyl (C=O) groups is 1. The molecule has 1 atom stereocenters. The molecule has 1 aromatic carbocycles. The van der Waals surface area contributed by atoms with Crippen LogP contribution in [0.25, 0.3) is 0 Å². The molecule has 6 nitrogen and oxygen atoms in total. The van der Waals surface area contributed by atoms with E-state index in [1.54, 1.807) is 14.2 Å². The van der Waals surface area contributed by atoms with Crippen LogP contribution in [0.2, 0.25) is 0 Å². The van der Waals surface area contributed by atoms with E-state index >= 15 is 0 Å². The van der Waals surface area contributed by atoms with Crippen molar-refractivity contribution in [2.45, 2.75) is 19.5 Å². The zero-order chi connectivity index (χ0) is 17.4. The van der Waals surface area contributed by atoms with Crippen LogP contribution in [0.1, 0.15) is 12.5 Å². The fraction of sp³-hybridized carbons (Fsp3) is 0.611. The van der Waals surface area contributed by atoms with Gasteiger partial charge in [-0.2, -0.15) is 0 Å². The maximum atomic E-state index is 12.4. The molecule has 24 heavy (non-hydrogen) atoms. The Bertz CT molecular complexity index is 499. The topological polar surface area (TPSA) is 54.0 Å². The Balaban J connectivity index is 1.73. The van der Waals surface area contributed by atoms with Gasteiger partial charge in [0.25, 0.3) is 0 Å². The summed E-state index contributed by atoms with van der Waals surface area (Å²) in [6, 6.07) is 7.65. The van der Waals surface area contributed by atoms with Gasteiger partial charge < -0.3 is 14.8 Å². The summed E-state index contributed by atoms with van der Waals surface area (Å²) in [7, 11) is 3.37. The number of methoxy groups -OCH3 is 2. The molecule has 6 heteroatoms. The van der Waals surface area contributed by atoms with Gasteiger partial charge in [0, 0.05) is 46.4 Å². The first kappa shape index (κ1) is 18.7. The van der Waals surface area contributed by atoms with E-state index in [1.807, 2.05) is 31.2 Å². The molecule has 2 rings (SSSR count). The molecule has 1 saturated heterocycles. The van der Waals surface area contributed by atoms with Gasteiger partial charge in [-0.3, -0.25) is 14.6 Å². The molecular weight excluding hydrogens is 306 g/mol. The molecule has 0 aliphatic carbocycles. The average molecular weight is 335 g/mol. The van der Waals surface area contributed by atoms with Crippen LogP contribution in [0.4, 0.5) is 0 Å². The molecular formula is C18H29N3O3. The second-order valence-electron chi connectivity index (χ2n) is 6.11. The Kier molecular flexibility index (Phi) is 7.49. The first-order chi connectivity index (χ1) is 11.6. The number of rotatable bonds is 8. The molecule has 1 amide bonds. The van der Waals surface area contributed by atoms with Gasteiger partial charge in [-0.15, -0.1) is 0 Å². The lowest BCUT2D eigenvalue weighted by Gasteiger charge is -2.37. The Morgan fingerprint density at radius 3 is 2.42 bits per heavy atom. The Labute approximate surface area is 144 Å². The van der Waals surface area contributed by atoms with Crippen molar-refractivity contribution >= 4 is 5.91 Å². The molecule has 0 aromatic heterocycles. The maximum Gasteiger partial charge on any atom is 0.237 e. The number of amides is 1. The van der Waals surface area contributed by atoms with Crippen LogP contribution in [-0.2, 0) is 16.1 Å². The highest BCUT2D eigenvalue weighted by molar-refractivity contribution is 5.81. The van der Waals surface area contributed by atoms with Gasteiger partial charge in [0.05, 0.1) is 19.8 Å². The van der Waals surface area contributed by atoms with Crippen molar-refractivity contribution in [1.29, 1.82) is 0 Å². The van der Waals surface area contributed by atoms with Gasteiger partial charge in [0.1, 0.15) is 5.75 Å². The van der Waals surface area contributed by atoms with E-state index in [2.05, 4.69) is 15.1 Å². The highest BCUT2D eigenvalue weighted by atomic mass is 16.5. The second-order valence-corrected chi connectivity index (χ2v) is 6.11. The number of carbonyl (C=O) groups excluding carboxylic acids is 1. The number of benzene rings is 1. The van der Waals surface area contributed by atoms with E-state index in [9.17, 15) is 4.79 Å². The Morgan fingerprint density at radius 2 is 1.83 bits per heavy atom. The van der Waals surface area contributed by atoms with Crippen LogP contribution in [-0.4, -0.2) is 75.3 Å². The fourth-order valence-electron chi connectivity index (χ4n) is 2.84. The molecule has 1 fully saturated rings. The number of hydrogen-bond donors (Lipinski definition) is 1. The molecule has 0 radical (unpaired) electrons. The minimum Gasteiger partial charge on any atom is -0.497 e. The normalized spacial score (nSPS) is 17.5. The molecule has 0 saturated carbocycles. The van der Waals surface area contributed by atoms with Crippen LogP contribution >= 0.6 is 0 Å². The van der Waals surface area contributed by atoms with E-state index in [0.717, 1.165) is 50.6 Å². The average Bonchev–Trinajstić information content (AvgIpc) is 2.64. The third-order valence-electron chi connectivity index (χ3n) is 4.57. The van der Waals surface area contributed by atoms with Gasteiger partial charge in [-0.1, -0.05) is 12.1 Å². The zero-order valence-corrected chi connectivity index (χ0v) is 15.0. The number of nitrogens with zero attached hydrogens (tertiary/aromatic N) is 2. The summed E-state index contributed by atoms with van der Waals surface area (Å²) in [5, 5.41) is 3.02. The largest absolute Gasteiger partial charge is 0.497 e. The predicted molar refractivity (Wildman–Crippen MR) is 94.2 cm³/mol. The Morgan fingerprint density at radius 1 is 1.17 bits per heavy atom. The van der Waals surface area contributed by atoms with Crippen molar-refractivity contribution in [1.82, 2.24) is 15.1 Å². The standard InChI is InChI=1S/C18H29N3O3/c1-15(21-10-8-20(9-11-21)12-13-23-2)18(22)19-14-16-4-6-17(24-3)7-5-16/h4-7,15H,8-14H2,1-3H3,(H,19,22)/t15-/m1/s1. The number of piperazine rings is 1. The predicted octanol–water partition coefficient (Wildman–Crippen LogP) is 0.964. The third-order valence-corrected chi connectivity index (χ3v) is 4.57. The van der Waals surface area contributed by atoms with Crippen LogP contribution in [0.3, 0.4) is 0 Å². The summed E-state index contributed by atoms with van der Waals surface area (Å²) in [5.74, 6) is 0.904. The van der Waals surface area contributed by atoms with E-state index in [0.29, 0.717) is 6.54 Å². The maximum absolute atomic E-state index is 12.4. The molecule has 0 bridgehead atoms. The van der Waals surface area contributed by atoms with Crippen molar-refractivity contribution < 1.29 is 14.3 Å². The first-order valence-electron chi connectivity index (χ1n) is 8.50. The van der Waals surface area contributed by atoms with Crippen molar-refractivity contribution in [2.24, 2.45) is 0 Å².